The highest BCUT2D eigenvalue weighted by atomic mass is 32.2. The van der Waals surface area contributed by atoms with Gasteiger partial charge in [0.1, 0.15) is 0 Å². The van der Waals surface area contributed by atoms with Gasteiger partial charge >= 0.3 is 0 Å². The van der Waals surface area contributed by atoms with Crippen LogP contribution in [0.2, 0.25) is 0 Å². The molecule has 0 amide bonds. The summed E-state index contributed by atoms with van der Waals surface area (Å²) in [4.78, 5) is 0. The van der Waals surface area contributed by atoms with Crippen molar-refractivity contribution in [3.05, 3.63) is 35.9 Å². The molecule has 1 aromatic carbocycles. The average molecular weight is 254 g/mol. The maximum Gasteiger partial charge on any atom is 0.214 e. The predicted molar refractivity (Wildman–Crippen MR) is 71.7 cm³/mol. The van der Waals surface area contributed by atoms with Gasteiger partial charge in [-0.25, -0.2) is 13.6 Å². The second-order valence-corrected chi connectivity index (χ2v) is 6.77. The number of rotatable bonds is 4. The van der Waals surface area contributed by atoms with E-state index in [1.165, 1.54) is 0 Å². The van der Waals surface area contributed by atoms with E-state index in [0.717, 1.165) is 5.56 Å². The molecule has 0 saturated heterocycles. The Morgan fingerprint density at radius 1 is 1.24 bits per heavy atom. The molecule has 0 heterocycles. The molecule has 4 N–H and O–H groups in total. The van der Waals surface area contributed by atoms with Crippen LogP contribution in [0.1, 0.15) is 25.8 Å². The Morgan fingerprint density at radius 3 is 2.24 bits per heavy atom. The van der Waals surface area contributed by atoms with Crippen LogP contribution in [-0.4, -0.2) is 13.2 Å². The molecule has 0 atom stereocenters. The summed E-state index contributed by atoms with van der Waals surface area (Å²) >= 11 is 0. The van der Waals surface area contributed by atoms with Crippen LogP contribution in [0.5, 0.6) is 0 Å². The zero-order valence-electron chi connectivity index (χ0n) is 10.1. The fourth-order valence-corrected chi connectivity index (χ4v) is 1.53. The molecule has 0 spiro atoms. The van der Waals surface area contributed by atoms with Crippen molar-refractivity contribution < 1.29 is 8.42 Å². The normalized spacial score (nSPS) is 13.1. The van der Waals surface area contributed by atoms with E-state index in [2.05, 4.69) is 0 Å². The van der Waals surface area contributed by atoms with Crippen molar-refractivity contribution >= 4 is 21.8 Å². The van der Waals surface area contributed by atoms with E-state index >= 15 is 0 Å². The fraction of sp³-hybridized carbons (Fsp3) is 0.333. The lowest BCUT2D eigenvalue weighted by Gasteiger charge is -2.19. The number of nitrogens with two attached hydrogens (primary N) is 2. The maximum absolute atomic E-state index is 11.3. The summed E-state index contributed by atoms with van der Waals surface area (Å²) in [6, 6.07) is 7.33. The number of benzene rings is 1. The van der Waals surface area contributed by atoms with Crippen molar-refractivity contribution in [3.63, 3.8) is 0 Å². The van der Waals surface area contributed by atoms with Crippen molar-refractivity contribution in [3.8, 4) is 0 Å². The number of anilines is 1. The van der Waals surface area contributed by atoms with Crippen LogP contribution in [0.4, 0.5) is 5.69 Å². The monoisotopic (exact) mass is 254 g/mol. The molecular weight excluding hydrogens is 236 g/mol. The molecule has 94 valence electrons. The van der Waals surface area contributed by atoms with Gasteiger partial charge in [0.2, 0.25) is 10.0 Å². The molecule has 0 aliphatic carbocycles. The Kier molecular flexibility index (Phi) is 3.95. The van der Waals surface area contributed by atoms with Crippen LogP contribution >= 0.6 is 0 Å². The third-order valence-corrected chi connectivity index (χ3v) is 4.33. The number of allylic oxidation sites excluding steroid dienone is 1. The van der Waals surface area contributed by atoms with Gasteiger partial charge in [-0.2, -0.15) is 0 Å². The fourth-order valence-electron chi connectivity index (χ4n) is 1.20. The second-order valence-electron chi connectivity index (χ2n) is 4.58. The summed E-state index contributed by atoms with van der Waals surface area (Å²) in [6.45, 7) is 3.21. The summed E-state index contributed by atoms with van der Waals surface area (Å²) in [6.07, 6.45) is 4.03. The highest BCUT2D eigenvalue weighted by Gasteiger charge is 2.29. The lowest BCUT2D eigenvalue weighted by Crippen LogP contribution is -2.37. The number of hydrogen-bond acceptors (Lipinski definition) is 3. The van der Waals surface area contributed by atoms with E-state index in [1.54, 1.807) is 32.1 Å². The average Bonchev–Trinajstić information content (AvgIpc) is 2.19. The number of primary sulfonamides is 1. The number of sulfonamides is 1. The van der Waals surface area contributed by atoms with Gasteiger partial charge in [0, 0.05) is 5.69 Å². The Balaban J connectivity index is 2.71. The van der Waals surface area contributed by atoms with E-state index in [9.17, 15) is 8.42 Å². The summed E-state index contributed by atoms with van der Waals surface area (Å²) in [7, 11) is -3.53. The Bertz CT molecular complexity index is 502. The Hall–Kier alpha value is -1.33. The molecule has 0 saturated carbocycles. The Labute approximate surface area is 102 Å². The zero-order chi connectivity index (χ0) is 13.1. The summed E-state index contributed by atoms with van der Waals surface area (Å²) in [5, 5.41) is 5.13. The van der Waals surface area contributed by atoms with Crippen LogP contribution in [-0.2, 0) is 10.0 Å². The first-order valence-electron chi connectivity index (χ1n) is 5.27. The first-order valence-corrected chi connectivity index (χ1v) is 6.81. The largest absolute Gasteiger partial charge is 0.399 e. The molecule has 0 radical (unpaired) electrons. The highest BCUT2D eigenvalue weighted by molar-refractivity contribution is 7.90. The summed E-state index contributed by atoms with van der Waals surface area (Å²) < 4.78 is 21.6. The van der Waals surface area contributed by atoms with E-state index < -0.39 is 14.8 Å². The topological polar surface area (TPSA) is 86.2 Å². The Morgan fingerprint density at radius 2 is 1.76 bits per heavy atom. The van der Waals surface area contributed by atoms with Gasteiger partial charge in [0.05, 0.1) is 4.75 Å². The van der Waals surface area contributed by atoms with Crippen molar-refractivity contribution in [1.29, 1.82) is 0 Å². The lowest BCUT2D eigenvalue weighted by molar-refractivity contribution is 0.549. The predicted octanol–water partition coefficient (Wildman–Crippen LogP) is 1.74. The minimum Gasteiger partial charge on any atom is -0.399 e. The van der Waals surface area contributed by atoms with Crippen LogP contribution in [0, 0.1) is 0 Å². The molecule has 17 heavy (non-hydrogen) atoms. The summed E-state index contributed by atoms with van der Waals surface area (Å²) in [5.41, 5.74) is 7.24. The molecule has 4 nitrogen and oxygen atoms in total. The smallest absolute Gasteiger partial charge is 0.214 e. The molecule has 0 aliphatic heterocycles. The third-order valence-electron chi connectivity index (χ3n) is 2.63. The van der Waals surface area contributed by atoms with E-state index in [0.29, 0.717) is 12.1 Å². The van der Waals surface area contributed by atoms with Crippen molar-refractivity contribution in [2.45, 2.75) is 25.0 Å². The summed E-state index contributed by atoms with van der Waals surface area (Å²) in [5.74, 6) is 0. The maximum atomic E-state index is 11.3. The van der Waals surface area contributed by atoms with E-state index in [-0.39, 0.29) is 0 Å². The van der Waals surface area contributed by atoms with Gasteiger partial charge in [-0.3, -0.25) is 0 Å². The zero-order valence-corrected chi connectivity index (χ0v) is 10.9. The molecule has 5 heteroatoms. The van der Waals surface area contributed by atoms with Crippen LogP contribution in [0.15, 0.2) is 30.3 Å². The minimum atomic E-state index is -3.53. The standard InChI is InChI=1S/C12H18N2O2S/c1-12(2,17(14,15)16)9-3-4-10-5-7-11(13)8-6-10/h3-8H,9,13H2,1-2H3,(H2,14,15,16). The molecule has 0 bridgehead atoms. The highest BCUT2D eigenvalue weighted by Crippen LogP contribution is 2.19. The first-order chi connectivity index (χ1) is 7.72. The molecule has 0 fully saturated rings. The molecule has 0 aromatic heterocycles. The minimum absolute atomic E-state index is 0.371. The number of nitrogen functional groups attached to an aromatic ring is 1. The van der Waals surface area contributed by atoms with E-state index in [1.807, 2.05) is 18.2 Å². The third kappa shape index (κ3) is 3.87. The van der Waals surface area contributed by atoms with Gasteiger partial charge in [0.25, 0.3) is 0 Å². The van der Waals surface area contributed by atoms with Crippen LogP contribution < -0.4 is 10.9 Å². The van der Waals surface area contributed by atoms with Crippen LogP contribution in [0.25, 0.3) is 6.08 Å². The van der Waals surface area contributed by atoms with Crippen LogP contribution in [0.3, 0.4) is 0 Å². The SMILES string of the molecule is CC(C)(CC=Cc1ccc(N)cc1)S(N)(=O)=O. The lowest BCUT2D eigenvalue weighted by atomic mass is 10.1. The second kappa shape index (κ2) is 4.89. The van der Waals surface area contributed by atoms with Crippen molar-refractivity contribution in [2.24, 2.45) is 5.14 Å². The molecular formula is C12H18N2O2S. The van der Waals surface area contributed by atoms with Gasteiger partial charge in [-0.05, 0) is 38.0 Å². The van der Waals surface area contributed by atoms with E-state index in [4.69, 9.17) is 10.9 Å². The van der Waals surface area contributed by atoms with Gasteiger partial charge in [-0.1, -0.05) is 24.3 Å². The van der Waals surface area contributed by atoms with Crippen molar-refractivity contribution in [1.82, 2.24) is 0 Å². The molecule has 0 unspecified atom stereocenters. The van der Waals surface area contributed by atoms with Crippen molar-refractivity contribution in [2.75, 3.05) is 5.73 Å². The van der Waals surface area contributed by atoms with Gasteiger partial charge in [0.15, 0.2) is 0 Å². The molecule has 1 aromatic rings. The number of hydrogen-bond donors (Lipinski definition) is 2. The molecule has 1 rings (SSSR count). The first kappa shape index (κ1) is 13.7. The van der Waals surface area contributed by atoms with Gasteiger partial charge < -0.3 is 5.73 Å². The quantitative estimate of drug-likeness (QED) is 0.802. The molecule has 0 aliphatic rings. The van der Waals surface area contributed by atoms with Gasteiger partial charge in [-0.15, -0.1) is 0 Å².